The fourth-order valence-electron chi connectivity index (χ4n) is 2.85. The first kappa shape index (κ1) is 16.7. The molecule has 1 N–H and O–H groups in total. The number of carbonyl (C=O) groups is 1. The third-order valence-electron chi connectivity index (χ3n) is 4.43. The summed E-state index contributed by atoms with van der Waals surface area (Å²) in [5.41, 5.74) is 3.41. The normalized spacial score (nSPS) is 13.9. The van der Waals surface area contributed by atoms with Crippen LogP contribution in [0.5, 0.6) is 0 Å². The van der Waals surface area contributed by atoms with Crippen molar-refractivity contribution < 1.29 is 4.79 Å². The van der Waals surface area contributed by atoms with Crippen molar-refractivity contribution in [2.45, 2.75) is 38.3 Å². The number of nitrogens with zero attached hydrogens (tertiary/aromatic N) is 1. The van der Waals surface area contributed by atoms with E-state index in [9.17, 15) is 4.79 Å². The van der Waals surface area contributed by atoms with Crippen LogP contribution in [0, 0.1) is 0 Å². The molecule has 1 fully saturated rings. The highest BCUT2D eigenvalue weighted by atomic mass is 16.1. The topological polar surface area (TPSA) is 32.3 Å². The molecule has 0 unspecified atom stereocenters. The van der Waals surface area contributed by atoms with Gasteiger partial charge in [0.25, 0.3) is 5.91 Å². The van der Waals surface area contributed by atoms with Crippen molar-refractivity contribution >= 4 is 5.91 Å². The molecule has 0 spiro atoms. The summed E-state index contributed by atoms with van der Waals surface area (Å²) in [6.45, 7) is 1.98. The Morgan fingerprint density at radius 3 is 2.42 bits per heavy atom. The number of amides is 1. The van der Waals surface area contributed by atoms with Gasteiger partial charge in [0.05, 0.1) is 0 Å². The van der Waals surface area contributed by atoms with E-state index in [4.69, 9.17) is 0 Å². The Balaban J connectivity index is 1.42. The monoisotopic (exact) mass is 322 g/mol. The van der Waals surface area contributed by atoms with E-state index in [0.717, 1.165) is 44.3 Å². The number of benzene rings is 2. The van der Waals surface area contributed by atoms with Crippen LogP contribution in [0.4, 0.5) is 0 Å². The number of hydrogen-bond acceptors (Lipinski definition) is 2. The minimum Gasteiger partial charge on any atom is -0.349 e. The molecule has 0 saturated heterocycles. The predicted octanol–water partition coefficient (Wildman–Crippen LogP) is 3.64. The maximum absolute atomic E-state index is 12.0. The molecule has 24 heavy (non-hydrogen) atoms. The molecule has 1 aliphatic rings. The summed E-state index contributed by atoms with van der Waals surface area (Å²) in [4.78, 5) is 14.3. The van der Waals surface area contributed by atoms with Gasteiger partial charge in [-0.3, -0.25) is 4.79 Å². The highest BCUT2D eigenvalue weighted by Gasteiger charge is 2.23. The molecule has 1 saturated carbocycles. The Morgan fingerprint density at radius 1 is 1.04 bits per heavy atom. The first-order valence-electron chi connectivity index (χ1n) is 8.83. The maximum Gasteiger partial charge on any atom is 0.251 e. The van der Waals surface area contributed by atoms with Gasteiger partial charge in [-0.15, -0.1) is 0 Å². The molecule has 0 aromatic heterocycles. The smallest absolute Gasteiger partial charge is 0.251 e. The van der Waals surface area contributed by atoms with E-state index in [1.54, 1.807) is 0 Å². The molecule has 0 atom stereocenters. The van der Waals surface area contributed by atoms with Gasteiger partial charge in [-0.05, 0) is 62.5 Å². The van der Waals surface area contributed by atoms with E-state index in [-0.39, 0.29) is 5.91 Å². The van der Waals surface area contributed by atoms with Crippen molar-refractivity contribution in [1.29, 1.82) is 0 Å². The standard InChI is InChI=1S/C21H26N2O/c1-23(15-5-8-17-6-3-2-4-7-17)16-18-9-11-19(12-10-18)21(24)22-20-13-14-20/h2-4,6-7,9-12,20H,5,8,13-16H2,1H3,(H,22,24). The second-order valence-corrected chi connectivity index (χ2v) is 6.77. The van der Waals surface area contributed by atoms with Crippen molar-refractivity contribution in [2.75, 3.05) is 13.6 Å². The summed E-state index contributed by atoms with van der Waals surface area (Å²) >= 11 is 0. The van der Waals surface area contributed by atoms with Gasteiger partial charge in [0, 0.05) is 18.2 Å². The lowest BCUT2D eigenvalue weighted by Gasteiger charge is -2.17. The lowest BCUT2D eigenvalue weighted by Crippen LogP contribution is -2.25. The fourth-order valence-corrected chi connectivity index (χ4v) is 2.85. The Kier molecular flexibility index (Phi) is 5.65. The number of carbonyl (C=O) groups excluding carboxylic acids is 1. The van der Waals surface area contributed by atoms with Crippen molar-refractivity contribution in [2.24, 2.45) is 0 Å². The average Bonchev–Trinajstić information content (AvgIpc) is 3.40. The van der Waals surface area contributed by atoms with Crippen LogP contribution < -0.4 is 5.32 Å². The molecule has 1 amide bonds. The van der Waals surface area contributed by atoms with E-state index in [0.29, 0.717) is 6.04 Å². The molecular weight excluding hydrogens is 296 g/mol. The van der Waals surface area contributed by atoms with E-state index < -0.39 is 0 Å². The van der Waals surface area contributed by atoms with E-state index >= 15 is 0 Å². The predicted molar refractivity (Wildman–Crippen MR) is 98.0 cm³/mol. The zero-order valence-corrected chi connectivity index (χ0v) is 14.4. The van der Waals surface area contributed by atoms with Crippen LogP contribution in [0.2, 0.25) is 0 Å². The highest BCUT2D eigenvalue weighted by Crippen LogP contribution is 2.19. The molecule has 0 bridgehead atoms. The van der Waals surface area contributed by atoms with Gasteiger partial charge < -0.3 is 10.2 Å². The van der Waals surface area contributed by atoms with Crippen molar-refractivity contribution in [3.63, 3.8) is 0 Å². The quantitative estimate of drug-likeness (QED) is 0.805. The molecule has 0 heterocycles. The molecular formula is C21H26N2O. The second-order valence-electron chi connectivity index (χ2n) is 6.77. The Labute approximate surface area is 144 Å². The summed E-state index contributed by atoms with van der Waals surface area (Å²) in [5, 5.41) is 3.02. The molecule has 0 radical (unpaired) electrons. The fraction of sp³-hybridized carbons (Fsp3) is 0.381. The molecule has 1 aliphatic carbocycles. The minimum atomic E-state index is 0.0558. The Hall–Kier alpha value is -2.13. The van der Waals surface area contributed by atoms with Crippen LogP contribution in [-0.4, -0.2) is 30.4 Å². The van der Waals surface area contributed by atoms with E-state index in [2.05, 4.69) is 59.7 Å². The average molecular weight is 322 g/mol. The van der Waals surface area contributed by atoms with Gasteiger partial charge in [0.15, 0.2) is 0 Å². The summed E-state index contributed by atoms with van der Waals surface area (Å²) in [6, 6.07) is 19.0. The molecule has 2 aromatic rings. The third-order valence-corrected chi connectivity index (χ3v) is 4.43. The third kappa shape index (κ3) is 5.20. The van der Waals surface area contributed by atoms with Crippen LogP contribution in [-0.2, 0) is 13.0 Å². The largest absolute Gasteiger partial charge is 0.349 e. The molecule has 3 heteroatoms. The Morgan fingerprint density at radius 2 is 1.75 bits per heavy atom. The number of aryl methyl sites for hydroxylation is 1. The lowest BCUT2D eigenvalue weighted by atomic mass is 10.1. The lowest BCUT2D eigenvalue weighted by molar-refractivity contribution is 0.0951. The van der Waals surface area contributed by atoms with Crippen LogP contribution in [0.3, 0.4) is 0 Å². The van der Waals surface area contributed by atoms with Gasteiger partial charge in [0.2, 0.25) is 0 Å². The summed E-state index contributed by atoms with van der Waals surface area (Å²) in [5.74, 6) is 0.0558. The van der Waals surface area contributed by atoms with E-state index in [1.807, 2.05) is 12.1 Å². The minimum absolute atomic E-state index is 0.0558. The second kappa shape index (κ2) is 8.11. The SMILES string of the molecule is CN(CCCc1ccccc1)Cc1ccc(C(=O)NC2CC2)cc1. The van der Waals surface area contributed by atoms with Crippen LogP contribution in [0.15, 0.2) is 54.6 Å². The Bertz CT molecular complexity index is 647. The first-order valence-corrected chi connectivity index (χ1v) is 8.83. The first-order chi connectivity index (χ1) is 11.7. The van der Waals surface area contributed by atoms with Gasteiger partial charge in [0.1, 0.15) is 0 Å². The molecule has 3 nitrogen and oxygen atoms in total. The van der Waals surface area contributed by atoms with Gasteiger partial charge >= 0.3 is 0 Å². The van der Waals surface area contributed by atoms with Crippen molar-refractivity contribution in [1.82, 2.24) is 10.2 Å². The summed E-state index contributed by atoms with van der Waals surface area (Å²) < 4.78 is 0. The van der Waals surface area contributed by atoms with Gasteiger partial charge in [-0.2, -0.15) is 0 Å². The molecule has 2 aromatic carbocycles. The van der Waals surface area contributed by atoms with Crippen LogP contribution in [0.25, 0.3) is 0 Å². The number of rotatable bonds is 8. The van der Waals surface area contributed by atoms with Crippen molar-refractivity contribution in [3.8, 4) is 0 Å². The van der Waals surface area contributed by atoms with Crippen molar-refractivity contribution in [3.05, 3.63) is 71.3 Å². The zero-order valence-electron chi connectivity index (χ0n) is 14.4. The highest BCUT2D eigenvalue weighted by molar-refractivity contribution is 5.94. The maximum atomic E-state index is 12.0. The van der Waals surface area contributed by atoms with E-state index in [1.165, 1.54) is 11.1 Å². The zero-order chi connectivity index (χ0) is 16.8. The molecule has 126 valence electrons. The van der Waals surface area contributed by atoms with Gasteiger partial charge in [-0.25, -0.2) is 0 Å². The summed E-state index contributed by atoms with van der Waals surface area (Å²) in [6.07, 6.45) is 4.52. The van der Waals surface area contributed by atoms with Gasteiger partial charge in [-0.1, -0.05) is 42.5 Å². The number of hydrogen-bond donors (Lipinski definition) is 1. The van der Waals surface area contributed by atoms with Crippen LogP contribution in [0.1, 0.15) is 40.7 Å². The molecule has 3 rings (SSSR count). The summed E-state index contributed by atoms with van der Waals surface area (Å²) in [7, 11) is 2.15. The number of nitrogens with one attached hydrogen (secondary N) is 1. The molecule has 0 aliphatic heterocycles. The van der Waals surface area contributed by atoms with Crippen LogP contribution >= 0.6 is 0 Å².